The van der Waals surface area contributed by atoms with E-state index in [2.05, 4.69) is 5.32 Å². The van der Waals surface area contributed by atoms with Crippen LogP contribution in [0.4, 0.5) is 4.79 Å². The molecule has 1 amide bonds. The van der Waals surface area contributed by atoms with Crippen LogP contribution in [0.3, 0.4) is 0 Å². The molecule has 0 aliphatic heterocycles. The molecule has 0 radical (unpaired) electrons. The van der Waals surface area contributed by atoms with E-state index in [9.17, 15) is 14.7 Å². The average Bonchev–Trinajstić information content (AvgIpc) is 2.56. The molecule has 0 spiro atoms. The standard InChI is InChI=1S/C20H28N2O5/c1-5-6-9-27-17-14-8-7-13(23)10-15(14)18(24)22(12-20(2,3)4)16(17)11-21-19(25)26/h7-8,10,21,23H,5-6,9,11-12H2,1-4H3,(H,25,26). The third-order valence-electron chi connectivity index (χ3n) is 4.10. The number of phenols is 1. The molecule has 3 N–H and O–H groups in total. The molecule has 7 nitrogen and oxygen atoms in total. The molecule has 0 unspecified atom stereocenters. The number of benzene rings is 1. The fourth-order valence-electron chi connectivity index (χ4n) is 2.91. The number of nitrogens with zero attached hydrogens (tertiary/aromatic N) is 1. The summed E-state index contributed by atoms with van der Waals surface area (Å²) in [6.07, 6.45) is 0.613. The smallest absolute Gasteiger partial charge is 0.404 e. The Hall–Kier alpha value is -2.70. The number of unbranched alkanes of at least 4 members (excludes halogenated alkanes) is 1. The highest BCUT2D eigenvalue weighted by Gasteiger charge is 2.22. The van der Waals surface area contributed by atoms with Crippen molar-refractivity contribution in [1.82, 2.24) is 9.88 Å². The van der Waals surface area contributed by atoms with Crippen LogP contribution in [0.15, 0.2) is 23.0 Å². The Bertz CT molecular complexity index is 881. The molecule has 2 rings (SSSR count). The second kappa shape index (κ2) is 8.33. The van der Waals surface area contributed by atoms with Gasteiger partial charge in [-0.2, -0.15) is 0 Å². The van der Waals surface area contributed by atoms with Crippen LogP contribution in [0.5, 0.6) is 11.5 Å². The van der Waals surface area contributed by atoms with Crippen molar-refractivity contribution in [1.29, 1.82) is 0 Å². The van der Waals surface area contributed by atoms with E-state index >= 15 is 0 Å². The summed E-state index contributed by atoms with van der Waals surface area (Å²) in [5.74, 6) is 0.480. The largest absolute Gasteiger partial charge is 0.508 e. The highest BCUT2D eigenvalue weighted by molar-refractivity contribution is 5.89. The number of phenolic OH excluding ortho intramolecular Hbond substituents is 1. The van der Waals surface area contributed by atoms with Crippen molar-refractivity contribution in [2.24, 2.45) is 5.41 Å². The summed E-state index contributed by atoms with van der Waals surface area (Å²) < 4.78 is 7.55. The van der Waals surface area contributed by atoms with Gasteiger partial charge in [0.2, 0.25) is 0 Å². The molecule has 0 saturated heterocycles. The van der Waals surface area contributed by atoms with Crippen molar-refractivity contribution in [3.8, 4) is 11.5 Å². The number of hydrogen-bond donors (Lipinski definition) is 3. The van der Waals surface area contributed by atoms with E-state index in [0.717, 1.165) is 12.8 Å². The monoisotopic (exact) mass is 376 g/mol. The number of fused-ring (bicyclic) bond motifs is 1. The zero-order valence-electron chi connectivity index (χ0n) is 16.3. The number of ether oxygens (including phenoxy) is 1. The topological polar surface area (TPSA) is 101 Å². The van der Waals surface area contributed by atoms with Gasteiger partial charge in [-0.3, -0.25) is 4.79 Å². The Morgan fingerprint density at radius 3 is 2.56 bits per heavy atom. The van der Waals surface area contributed by atoms with Crippen LogP contribution in [0.2, 0.25) is 0 Å². The van der Waals surface area contributed by atoms with Gasteiger partial charge in [-0.1, -0.05) is 34.1 Å². The number of pyridine rings is 1. The van der Waals surface area contributed by atoms with Gasteiger partial charge in [0.1, 0.15) is 11.5 Å². The van der Waals surface area contributed by atoms with Gasteiger partial charge in [0.05, 0.1) is 24.2 Å². The molecule has 148 valence electrons. The summed E-state index contributed by atoms with van der Waals surface area (Å²) in [6, 6.07) is 4.56. The summed E-state index contributed by atoms with van der Waals surface area (Å²) in [5, 5.41) is 22.2. The van der Waals surface area contributed by atoms with Crippen LogP contribution in [0.25, 0.3) is 10.8 Å². The van der Waals surface area contributed by atoms with Crippen molar-refractivity contribution < 1.29 is 19.7 Å². The van der Waals surface area contributed by atoms with Gasteiger partial charge >= 0.3 is 6.09 Å². The van der Waals surface area contributed by atoms with Crippen molar-refractivity contribution in [2.45, 2.75) is 53.6 Å². The number of rotatable bonds is 7. The quantitative estimate of drug-likeness (QED) is 0.640. The molecular weight excluding hydrogens is 348 g/mol. The summed E-state index contributed by atoms with van der Waals surface area (Å²) in [4.78, 5) is 24.2. The van der Waals surface area contributed by atoms with Crippen LogP contribution in [-0.4, -0.2) is 27.5 Å². The van der Waals surface area contributed by atoms with E-state index in [1.165, 1.54) is 12.1 Å². The molecule has 0 atom stereocenters. The number of aromatic hydroxyl groups is 1. The van der Waals surface area contributed by atoms with E-state index in [0.29, 0.717) is 35.4 Å². The van der Waals surface area contributed by atoms with E-state index in [-0.39, 0.29) is 23.3 Å². The maximum Gasteiger partial charge on any atom is 0.404 e. The summed E-state index contributed by atoms with van der Waals surface area (Å²) in [7, 11) is 0. The van der Waals surface area contributed by atoms with Gasteiger partial charge in [-0.25, -0.2) is 4.79 Å². The minimum atomic E-state index is -1.17. The Balaban J connectivity index is 2.75. The lowest BCUT2D eigenvalue weighted by atomic mass is 9.96. The first-order valence-corrected chi connectivity index (χ1v) is 9.12. The average molecular weight is 376 g/mol. The van der Waals surface area contributed by atoms with E-state index in [4.69, 9.17) is 9.84 Å². The highest BCUT2D eigenvalue weighted by atomic mass is 16.5. The van der Waals surface area contributed by atoms with Crippen LogP contribution in [0.1, 0.15) is 46.2 Å². The van der Waals surface area contributed by atoms with Gasteiger partial charge < -0.3 is 24.8 Å². The number of aromatic nitrogens is 1. The molecule has 0 saturated carbocycles. The van der Waals surface area contributed by atoms with E-state index in [1.807, 2.05) is 27.7 Å². The van der Waals surface area contributed by atoms with E-state index < -0.39 is 6.09 Å². The Morgan fingerprint density at radius 2 is 1.96 bits per heavy atom. The molecule has 0 fully saturated rings. The van der Waals surface area contributed by atoms with Crippen molar-refractivity contribution in [2.75, 3.05) is 6.61 Å². The number of carbonyl (C=O) groups is 1. The molecule has 27 heavy (non-hydrogen) atoms. The van der Waals surface area contributed by atoms with Crippen molar-refractivity contribution in [3.63, 3.8) is 0 Å². The second-order valence-corrected chi connectivity index (χ2v) is 7.82. The molecule has 1 aromatic carbocycles. The minimum Gasteiger partial charge on any atom is -0.508 e. The zero-order chi connectivity index (χ0) is 20.2. The fraction of sp³-hybridized carbons (Fsp3) is 0.500. The molecule has 0 aliphatic rings. The van der Waals surface area contributed by atoms with Crippen LogP contribution >= 0.6 is 0 Å². The van der Waals surface area contributed by atoms with Gasteiger partial charge in [0.15, 0.2) is 0 Å². The Morgan fingerprint density at radius 1 is 1.26 bits per heavy atom. The predicted molar refractivity (Wildman–Crippen MR) is 105 cm³/mol. The third-order valence-corrected chi connectivity index (χ3v) is 4.10. The first-order valence-electron chi connectivity index (χ1n) is 9.12. The molecule has 7 heteroatoms. The first-order chi connectivity index (χ1) is 12.6. The zero-order valence-corrected chi connectivity index (χ0v) is 16.3. The lowest BCUT2D eigenvalue weighted by Gasteiger charge is -2.25. The number of amides is 1. The summed E-state index contributed by atoms with van der Waals surface area (Å²) in [5.41, 5.74) is -0.0000343. The molecule has 1 heterocycles. The molecular formula is C20H28N2O5. The SMILES string of the molecule is CCCCOc1c(CNC(=O)O)n(CC(C)(C)C)c(=O)c2cc(O)ccc12. The van der Waals surface area contributed by atoms with Crippen molar-refractivity contribution in [3.05, 3.63) is 34.2 Å². The van der Waals surface area contributed by atoms with Gasteiger partial charge in [0.25, 0.3) is 5.56 Å². The lowest BCUT2D eigenvalue weighted by molar-refractivity contribution is 0.193. The summed E-state index contributed by atoms with van der Waals surface area (Å²) >= 11 is 0. The minimum absolute atomic E-state index is 0.00201. The molecule has 2 aromatic rings. The number of nitrogens with one attached hydrogen (secondary N) is 1. The maximum atomic E-state index is 13.1. The van der Waals surface area contributed by atoms with Crippen LogP contribution < -0.4 is 15.6 Å². The second-order valence-electron chi connectivity index (χ2n) is 7.82. The molecule has 0 aliphatic carbocycles. The fourth-order valence-corrected chi connectivity index (χ4v) is 2.91. The highest BCUT2D eigenvalue weighted by Crippen LogP contribution is 2.31. The molecule has 1 aromatic heterocycles. The number of carboxylic acid groups (broad SMARTS) is 1. The number of hydrogen-bond acceptors (Lipinski definition) is 4. The first kappa shape index (κ1) is 20.6. The molecule has 0 bridgehead atoms. The predicted octanol–water partition coefficient (Wildman–Crippen LogP) is 3.70. The summed E-state index contributed by atoms with van der Waals surface area (Å²) in [6.45, 7) is 8.85. The Labute approximate surface area is 158 Å². The normalized spacial score (nSPS) is 11.6. The lowest BCUT2D eigenvalue weighted by Crippen LogP contribution is -2.33. The van der Waals surface area contributed by atoms with Gasteiger partial charge in [0, 0.05) is 11.9 Å². The Kier molecular flexibility index (Phi) is 6.36. The van der Waals surface area contributed by atoms with E-state index in [1.54, 1.807) is 10.6 Å². The van der Waals surface area contributed by atoms with Crippen LogP contribution in [-0.2, 0) is 13.1 Å². The van der Waals surface area contributed by atoms with Crippen LogP contribution in [0, 0.1) is 5.41 Å². The van der Waals surface area contributed by atoms with Gasteiger partial charge in [-0.15, -0.1) is 0 Å². The third kappa shape index (κ3) is 5.15. The maximum absolute atomic E-state index is 13.1. The van der Waals surface area contributed by atoms with Crippen molar-refractivity contribution >= 4 is 16.9 Å². The van der Waals surface area contributed by atoms with Gasteiger partial charge in [-0.05, 0) is 30.0 Å².